The minimum atomic E-state index is 0.207. The summed E-state index contributed by atoms with van der Waals surface area (Å²) in [5.74, 6) is 0. The van der Waals surface area contributed by atoms with Crippen LogP contribution < -0.4 is 10.6 Å². The fraction of sp³-hybridized carbons (Fsp3) is 0.667. The van der Waals surface area contributed by atoms with E-state index in [0.717, 1.165) is 6.42 Å². The number of allylic oxidation sites excluding steroid dienone is 2. The van der Waals surface area contributed by atoms with Crippen LogP contribution in [0.2, 0.25) is 0 Å². The van der Waals surface area contributed by atoms with E-state index in [2.05, 4.69) is 49.6 Å². The zero-order chi connectivity index (χ0) is 10.2. The third-order valence-electron chi connectivity index (χ3n) is 2.94. The van der Waals surface area contributed by atoms with E-state index < -0.39 is 0 Å². The maximum Gasteiger partial charge on any atom is 0.0506 e. The molecule has 0 aromatic rings. The van der Waals surface area contributed by atoms with Crippen molar-refractivity contribution in [1.82, 2.24) is 10.6 Å². The summed E-state index contributed by atoms with van der Waals surface area (Å²) >= 11 is 0. The van der Waals surface area contributed by atoms with Crippen LogP contribution in [-0.2, 0) is 0 Å². The van der Waals surface area contributed by atoms with Gasteiger partial charge < -0.3 is 10.6 Å². The van der Waals surface area contributed by atoms with E-state index in [4.69, 9.17) is 0 Å². The van der Waals surface area contributed by atoms with Crippen molar-refractivity contribution in [2.24, 2.45) is 0 Å². The Bertz CT molecular complexity index is 276. The number of hydrogen-bond acceptors (Lipinski definition) is 2. The van der Waals surface area contributed by atoms with Gasteiger partial charge in [-0.3, -0.25) is 0 Å². The summed E-state index contributed by atoms with van der Waals surface area (Å²) in [5.41, 5.74) is 1.56. The van der Waals surface area contributed by atoms with Gasteiger partial charge in [0, 0.05) is 17.3 Å². The molecule has 1 heterocycles. The smallest absolute Gasteiger partial charge is 0.0506 e. The maximum atomic E-state index is 3.65. The third-order valence-corrected chi connectivity index (χ3v) is 2.94. The lowest BCUT2D eigenvalue weighted by Gasteiger charge is -2.28. The number of hydrogen-bond donors (Lipinski definition) is 2. The molecule has 0 saturated carbocycles. The van der Waals surface area contributed by atoms with E-state index >= 15 is 0 Å². The van der Waals surface area contributed by atoms with Crippen LogP contribution >= 0.6 is 0 Å². The highest BCUT2D eigenvalue weighted by atomic mass is 15.1. The summed E-state index contributed by atoms with van der Waals surface area (Å²) in [6, 6.07) is 1.08. The monoisotopic (exact) mass is 192 g/mol. The highest BCUT2D eigenvalue weighted by Gasteiger charge is 2.30. The maximum absolute atomic E-state index is 3.65. The van der Waals surface area contributed by atoms with Crippen molar-refractivity contribution in [3.05, 3.63) is 23.9 Å². The molecule has 2 N–H and O–H groups in total. The summed E-state index contributed by atoms with van der Waals surface area (Å²) in [4.78, 5) is 0. The number of fused-ring (bicyclic) bond motifs is 1. The van der Waals surface area contributed by atoms with E-state index in [9.17, 15) is 0 Å². The Labute approximate surface area is 86.5 Å². The second kappa shape index (κ2) is 3.43. The Balaban J connectivity index is 2.22. The molecule has 14 heavy (non-hydrogen) atoms. The number of rotatable bonds is 0. The van der Waals surface area contributed by atoms with Gasteiger partial charge in [-0.2, -0.15) is 0 Å². The van der Waals surface area contributed by atoms with Gasteiger partial charge in [0.05, 0.1) is 6.04 Å². The van der Waals surface area contributed by atoms with Gasteiger partial charge >= 0.3 is 0 Å². The molecule has 0 radical (unpaired) electrons. The fourth-order valence-corrected chi connectivity index (χ4v) is 2.53. The lowest BCUT2D eigenvalue weighted by atomic mass is 9.96. The molecule has 0 aromatic heterocycles. The quantitative estimate of drug-likeness (QED) is 0.613. The van der Waals surface area contributed by atoms with Crippen LogP contribution in [-0.4, -0.2) is 17.6 Å². The largest absolute Gasteiger partial charge is 0.382 e. The molecule has 1 saturated heterocycles. The van der Waals surface area contributed by atoms with Crippen molar-refractivity contribution < 1.29 is 0 Å². The zero-order valence-corrected chi connectivity index (χ0v) is 9.30. The lowest BCUT2D eigenvalue weighted by molar-refractivity contribution is 0.375. The molecule has 1 aliphatic carbocycles. The van der Waals surface area contributed by atoms with Crippen LogP contribution in [0.5, 0.6) is 0 Å². The van der Waals surface area contributed by atoms with Gasteiger partial charge in [0.2, 0.25) is 0 Å². The Morgan fingerprint density at radius 3 is 3.00 bits per heavy atom. The molecule has 0 bridgehead atoms. The van der Waals surface area contributed by atoms with Gasteiger partial charge in [-0.15, -0.1) is 0 Å². The standard InChI is InChI=1S/C12H20N2/c1-9-8-12(2,3)14-11-7-5-4-6-10(11)13-9/h4-5,7,9-10,13-14H,6,8H2,1-3H3. The first kappa shape index (κ1) is 9.78. The third kappa shape index (κ3) is 2.01. The molecule has 2 unspecified atom stereocenters. The minimum absolute atomic E-state index is 0.207. The second-order valence-corrected chi connectivity index (χ2v) is 5.12. The Hall–Kier alpha value is -0.760. The molecule has 2 aliphatic rings. The molecule has 1 fully saturated rings. The average Bonchev–Trinajstić information content (AvgIpc) is 2.16. The van der Waals surface area contributed by atoms with E-state index in [1.54, 1.807) is 0 Å². The Morgan fingerprint density at radius 1 is 1.43 bits per heavy atom. The molecule has 2 rings (SSSR count). The number of nitrogens with one attached hydrogen (secondary N) is 2. The van der Waals surface area contributed by atoms with Crippen LogP contribution in [0.1, 0.15) is 33.6 Å². The molecule has 0 amide bonds. The van der Waals surface area contributed by atoms with Gasteiger partial charge in [0.1, 0.15) is 0 Å². The minimum Gasteiger partial charge on any atom is -0.382 e. The van der Waals surface area contributed by atoms with E-state index in [-0.39, 0.29) is 5.54 Å². The molecular weight excluding hydrogens is 172 g/mol. The topological polar surface area (TPSA) is 24.1 Å². The molecule has 2 nitrogen and oxygen atoms in total. The highest BCUT2D eigenvalue weighted by molar-refractivity contribution is 5.25. The molecular formula is C12H20N2. The van der Waals surface area contributed by atoms with Crippen LogP contribution in [0.3, 0.4) is 0 Å². The molecule has 2 heteroatoms. The summed E-state index contributed by atoms with van der Waals surface area (Å²) < 4.78 is 0. The summed E-state index contributed by atoms with van der Waals surface area (Å²) in [6.07, 6.45) is 8.85. The first-order chi connectivity index (χ1) is 6.57. The van der Waals surface area contributed by atoms with Crippen LogP contribution in [0.4, 0.5) is 0 Å². The lowest BCUT2D eigenvalue weighted by Crippen LogP contribution is -2.40. The molecule has 1 aliphatic heterocycles. The van der Waals surface area contributed by atoms with Gasteiger partial charge in [0.15, 0.2) is 0 Å². The van der Waals surface area contributed by atoms with Gasteiger partial charge in [0.25, 0.3) is 0 Å². The molecule has 2 atom stereocenters. The predicted octanol–water partition coefficient (Wildman–Crippen LogP) is 1.95. The van der Waals surface area contributed by atoms with Crippen LogP contribution in [0.15, 0.2) is 23.9 Å². The van der Waals surface area contributed by atoms with Crippen molar-refractivity contribution in [2.45, 2.75) is 51.2 Å². The van der Waals surface area contributed by atoms with Crippen molar-refractivity contribution in [3.63, 3.8) is 0 Å². The van der Waals surface area contributed by atoms with E-state index in [1.165, 1.54) is 12.1 Å². The van der Waals surface area contributed by atoms with Crippen LogP contribution in [0.25, 0.3) is 0 Å². The van der Waals surface area contributed by atoms with Crippen molar-refractivity contribution in [3.8, 4) is 0 Å². The van der Waals surface area contributed by atoms with E-state index in [0.29, 0.717) is 12.1 Å². The molecule has 78 valence electrons. The van der Waals surface area contributed by atoms with E-state index in [1.807, 2.05) is 0 Å². The van der Waals surface area contributed by atoms with Crippen molar-refractivity contribution >= 4 is 0 Å². The van der Waals surface area contributed by atoms with Crippen LogP contribution in [0, 0.1) is 0 Å². The summed E-state index contributed by atoms with van der Waals surface area (Å²) in [5, 5.41) is 7.29. The Kier molecular flexibility index (Phi) is 2.40. The SMILES string of the molecule is CC1CC(C)(C)NC2=CC=CCC2N1. The molecule has 0 spiro atoms. The van der Waals surface area contributed by atoms with Gasteiger partial charge in [-0.1, -0.05) is 12.2 Å². The molecule has 0 aromatic carbocycles. The summed E-state index contributed by atoms with van der Waals surface area (Å²) in [7, 11) is 0. The normalized spacial score (nSPS) is 35.2. The first-order valence-electron chi connectivity index (χ1n) is 5.48. The second-order valence-electron chi connectivity index (χ2n) is 5.12. The Morgan fingerprint density at radius 2 is 2.21 bits per heavy atom. The van der Waals surface area contributed by atoms with Gasteiger partial charge in [-0.05, 0) is 39.7 Å². The first-order valence-corrected chi connectivity index (χ1v) is 5.48. The van der Waals surface area contributed by atoms with Crippen molar-refractivity contribution in [2.75, 3.05) is 0 Å². The van der Waals surface area contributed by atoms with Gasteiger partial charge in [-0.25, -0.2) is 0 Å². The average molecular weight is 192 g/mol. The highest BCUT2D eigenvalue weighted by Crippen LogP contribution is 2.23. The summed E-state index contributed by atoms with van der Waals surface area (Å²) in [6.45, 7) is 6.81. The fourth-order valence-electron chi connectivity index (χ4n) is 2.53. The predicted molar refractivity (Wildman–Crippen MR) is 60.1 cm³/mol. The zero-order valence-electron chi connectivity index (χ0n) is 9.30. The van der Waals surface area contributed by atoms with Crippen molar-refractivity contribution in [1.29, 1.82) is 0 Å².